The van der Waals surface area contributed by atoms with Gasteiger partial charge in [-0.1, -0.05) is 18.6 Å². The number of fused-ring (bicyclic) bond motifs is 1. The molecule has 112 valence electrons. The van der Waals surface area contributed by atoms with Gasteiger partial charge in [-0.3, -0.25) is 9.69 Å². The Kier molecular flexibility index (Phi) is 4.20. The number of hydrogen-bond donors (Lipinski definition) is 0. The first-order chi connectivity index (χ1) is 10.3. The Bertz CT molecular complexity index is 590. The van der Waals surface area contributed by atoms with Gasteiger partial charge in [-0.15, -0.1) is 0 Å². The molecule has 0 saturated carbocycles. The number of hydrogen-bond acceptors (Lipinski definition) is 5. The number of esters is 1. The first kappa shape index (κ1) is 14.1. The van der Waals surface area contributed by atoms with Crippen molar-refractivity contribution in [1.29, 1.82) is 0 Å². The molecule has 5 nitrogen and oxygen atoms in total. The van der Waals surface area contributed by atoms with E-state index in [4.69, 9.17) is 9.15 Å². The lowest BCUT2D eigenvalue weighted by atomic mass is 10.0. The second-order valence-electron chi connectivity index (χ2n) is 5.31. The van der Waals surface area contributed by atoms with Crippen LogP contribution in [0.2, 0.25) is 0 Å². The molecule has 5 heteroatoms. The van der Waals surface area contributed by atoms with Crippen molar-refractivity contribution in [2.45, 2.75) is 38.8 Å². The number of benzene rings is 1. The topological polar surface area (TPSA) is 55.6 Å². The van der Waals surface area contributed by atoms with E-state index in [1.165, 1.54) is 0 Å². The van der Waals surface area contributed by atoms with Gasteiger partial charge in [-0.2, -0.15) is 0 Å². The fourth-order valence-electron chi connectivity index (χ4n) is 2.85. The standard InChI is InChI=1S/C16H20N2O3/c1-2-20-16(19)13-8-5-6-10-18(13)11-15-17-12-7-3-4-9-14(12)21-15/h3-4,7,9,13H,2,5-6,8,10-11H2,1H3. The lowest BCUT2D eigenvalue weighted by Crippen LogP contribution is -2.45. The average Bonchev–Trinajstić information content (AvgIpc) is 2.90. The Morgan fingerprint density at radius 3 is 3.10 bits per heavy atom. The SMILES string of the molecule is CCOC(=O)C1CCCCN1Cc1nc2ccccc2o1. The van der Waals surface area contributed by atoms with Crippen LogP contribution in [0.5, 0.6) is 0 Å². The summed E-state index contributed by atoms with van der Waals surface area (Å²) in [4.78, 5) is 18.7. The van der Waals surface area contributed by atoms with Crippen LogP contribution in [-0.4, -0.2) is 35.0 Å². The van der Waals surface area contributed by atoms with Crippen LogP contribution >= 0.6 is 0 Å². The van der Waals surface area contributed by atoms with Crippen LogP contribution in [0.3, 0.4) is 0 Å². The zero-order valence-corrected chi connectivity index (χ0v) is 12.2. The highest BCUT2D eigenvalue weighted by Gasteiger charge is 2.30. The van der Waals surface area contributed by atoms with Crippen molar-refractivity contribution in [3.63, 3.8) is 0 Å². The molecule has 0 radical (unpaired) electrons. The fourth-order valence-corrected chi connectivity index (χ4v) is 2.85. The van der Waals surface area contributed by atoms with Crippen molar-refractivity contribution in [2.24, 2.45) is 0 Å². The molecule has 1 aromatic heterocycles. The van der Waals surface area contributed by atoms with Gasteiger partial charge in [-0.25, -0.2) is 4.98 Å². The minimum Gasteiger partial charge on any atom is -0.465 e. The highest BCUT2D eigenvalue weighted by Crippen LogP contribution is 2.22. The summed E-state index contributed by atoms with van der Waals surface area (Å²) in [5.74, 6) is 0.528. The van der Waals surface area contributed by atoms with E-state index >= 15 is 0 Å². The zero-order valence-electron chi connectivity index (χ0n) is 12.2. The van der Waals surface area contributed by atoms with E-state index in [0.717, 1.165) is 36.9 Å². The summed E-state index contributed by atoms with van der Waals surface area (Å²) in [6.07, 6.45) is 3.00. The third-order valence-electron chi connectivity index (χ3n) is 3.85. The van der Waals surface area contributed by atoms with Crippen LogP contribution in [0.4, 0.5) is 0 Å². The van der Waals surface area contributed by atoms with Crippen molar-refractivity contribution < 1.29 is 13.9 Å². The number of oxazole rings is 1. The minimum absolute atomic E-state index is 0.131. The van der Waals surface area contributed by atoms with Gasteiger partial charge in [-0.05, 0) is 38.4 Å². The van der Waals surface area contributed by atoms with Gasteiger partial charge in [0, 0.05) is 0 Å². The number of nitrogens with zero attached hydrogens (tertiary/aromatic N) is 2. The van der Waals surface area contributed by atoms with Crippen LogP contribution in [0.1, 0.15) is 32.1 Å². The van der Waals surface area contributed by atoms with Gasteiger partial charge in [0.1, 0.15) is 11.6 Å². The number of carbonyl (C=O) groups is 1. The molecule has 1 unspecified atom stereocenters. The molecule has 1 saturated heterocycles. The lowest BCUT2D eigenvalue weighted by molar-refractivity contribution is -0.151. The van der Waals surface area contributed by atoms with Crippen LogP contribution in [0.25, 0.3) is 11.1 Å². The maximum absolute atomic E-state index is 12.1. The summed E-state index contributed by atoms with van der Waals surface area (Å²) in [5, 5.41) is 0. The summed E-state index contributed by atoms with van der Waals surface area (Å²) in [5.41, 5.74) is 1.65. The van der Waals surface area contributed by atoms with Gasteiger partial charge >= 0.3 is 5.97 Å². The van der Waals surface area contributed by atoms with Crippen molar-refractivity contribution in [1.82, 2.24) is 9.88 Å². The maximum atomic E-state index is 12.1. The van der Waals surface area contributed by atoms with Crippen molar-refractivity contribution in [3.8, 4) is 0 Å². The molecule has 0 bridgehead atoms. The van der Waals surface area contributed by atoms with Crippen molar-refractivity contribution in [3.05, 3.63) is 30.2 Å². The number of aromatic nitrogens is 1. The first-order valence-corrected chi connectivity index (χ1v) is 7.53. The van der Waals surface area contributed by atoms with Gasteiger partial charge in [0.05, 0.1) is 13.2 Å². The van der Waals surface area contributed by atoms with Crippen LogP contribution < -0.4 is 0 Å². The highest BCUT2D eigenvalue weighted by atomic mass is 16.5. The smallest absolute Gasteiger partial charge is 0.323 e. The van der Waals surface area contributed by atoms with E-state index in [2.05, 4.69) is 9.88 Å². The van der Waals surface area contributed by atoms with Gasteiger partial charge in [0.25, 0.3) is 0 Å². The highest BCUT2D eigenvalue weighted by molar-refractivity contribution is 5.76. The number of ether oxygens (including phenoxy) is 1. The normalized spacial score (nSPS) is 19.8. The molecule has 2 aromatic rings. The van der Waals surface area contributed by atoms with Gasteiger partial charge in [0.2, 0.25) is 5.89 Å². The van der Waals surface area contributed by atoms with Crippen LogP contribution in [0.15, 0.2) is 28.7 Å². The van der Waals surface area contributed by atoms with E-state index in [0.29, 0.717) is 19.0 Å². The molecule has 1 aliphatic heterocycles. The van der Waals surface area contributed by atoms with Gasteiger partial charge in [0.15, 0.2) is 5.58 Å². The Morgan fingerprint density at radius 2 is 2.29 bits per heavy atom. The Labute approximate surface area is 123 Å². The quantitative estimate of drug-likeness (QED) is 0.810. The average molecular weight is 288 g/mol. The molecule has 1 aliphatic rings. The van der Waals surface area contributed by atoms with Crippen LogP contribution in [0, 0.1) is 0 Å². The third kappa shape index (κ3) is 3.08. The predicted octanol–water partition coefficient (Wildman–Crippen LogP) is 2.75. The number of likely N-dealkylation sites (tertiary alicyclic amines) is 1. The number of rotatable bonds is 4. The molecule has 0 aliphatic carbocycles. The molecule has 0 N–H and O–H groups in total. The number of para-hydroxylation sites is 2. The molecule has 0 amide bonds. The predicted molar refractivity (Wildman–Crippen MR) is 78.7 cm³/mol. The molecular weight excluding hydrogens is 268 g/mol. The fraction of sp³-hybridized carbons (Fsp3) is 0.500. The second-order valence-corrected chi connectivity index (χ2v) is 5.31. The van der Waals surface area contributed by atoms with E-state index in [-0.39, 0.29) is 12.0 Å². The largest absolute Gasteiger partial charge is 0.465 e. The molecule has 2 heterocycles. The van der Waals surface area contributed by atoms with Crippen molar-refractivity contribution >= 4 is 17.1 Å². The number of carbonyl (C=O) groups excluding carboxylic acids is 1. The monoisotopic (exact) mass is 288 g/mol. The van der Waals surface area contributed by atoms with Crippen LogP contribution in [-0.2, 0) is 16.1 Å². The molecule has 3 rings (SSSR count). The molecule has 0 spiro atoms. The second kappa shape index (κ2) is 6.26. The third-order valence-corrected chi connectivity index (χ3v) is 3.85. The first-order valence-electron chi connectivity index (χ1n) is 7.53. The summed E-state index contributed by atoms with van der Waals surface area (Å²) in [6, 6.07) is 7.54. The van der Waals surface area contributed by atoms with Crippen molar-refractivity contribution in [2.75, 3.05) is 13.2 Å². The van der Waals surface area contributed by atoms with E-state index in [1.807, 2.05) is 31.2 Å². The Hall–Kier alpha value is -1.88. The number of piperidine rings is 1. The molecular formula is C16H20N2O3. The van der Waals surface area contributed by atoms with Gasteiger partial charge < -0.3 is 9.15 Å². The van der Waals surface area contributed by atoms with E-state index in [9.17, 15) is 4.79 Å². The summed E-state index contributed by atoms with van der Waals surface area (Å²) in [7, 11) is 0. The van der Waals surface area contributed by atoms with E-state index in [1.54, 1.807) is 0 Å². The summed E-state index contributed by atoms with van der Waals surface area (Å²) >= 11 is 0. The minimum atomic E-state index is -0.172. The maximum Gasteiger partial charge on any atom is 0.323 e. The lowest BCUT2D eigenvalue weighted by Gasteiger charge is -2.32. The molecule has 1 fully saturated rings. The Balaban J connectivity index is 1.75. The molecule has 1 atom stereocenters. The molecule has 1 aromatic carbocycles. The Morgan fingerprint density at radius 1 is 1.43 bits per heavy atom. The van der Waals surface area contributed by atoms with E-state index < -0.39 is 0 Å². The zero-order chi connectivity index (χ0) is 14.7. The summed E-state index contributed by atoms with van der Waals surface area (Å²) in [6.45, 7) is 3.69. The summed E-state index contributed by atoms with van der Waals surface area (Å²) < 4.78 is 10.9. The molecule has 21 heavy (non-hydrogen) atoms.